The lowest BCUT2D eigenvalue weighted by Gasteiger charge is -2.02. The van der Waals surface area contributed by atoms with Crippen LogP contribution in [0, 0.1) is 0 Å². The third-order valence-corrected chi connectivity index (χ3v) is 5.23. The molecular weight excluding hydrogens is 328 g/mol. The van der Waals surface area contributed by atoms with E-state index in [1.54, 1.807) is 0 Å². The first-order valence-electron chi connectivity index (χ1n) is 12.1. The zero-order valence-corrected chi connectivity index (χ0v) is 18.4. The monoisotopic (exact) mass is 375 g/mol. The summed E-state index contributed by atoms with van der Waals surface area (Å²) < 4.78 is 0. The number of hydrogen-bond acceptors (Lipinski definition) is 1. The predicted octanol–water partition coefficient (Wildman–Crippen LogP) is 9.03. The molecule has 0 saturated carbocycles. The summed E-state index contributed by atoms with van der Waals surface area (Å²) in [4.78, 5) is 10.1. The fraction of sp³-hybridized carbons (Fsp3) is 0.808. The molecule has 157 valence electrons. The van der Waals surface area contributed by atoms with Crippen molar-refractivity contribution in [3.63, 3.8) is 0 Å². The van der Waals surface area contributed by atoms with Crippen LogP contribution in [0.2, 0.25) is 0 Å². The molecule has 0 N–H and O–H groups in total. The van der Waals surface area contributed by atoms with Crippen LogP contribution in [0.15, 0.2) is 24.3 Å². The number of rotatable bonds is 22. The molecule has 0 aromatic heterocycles. The van der Waals surface area contributed by atoms with Crippen molar-refractivity contribution in [2.45, 2.75) is 135 Å². The zero-order valence-electron chi connectivity index (χ0n) is 18.4. The fourth-order valence-corrected chi connectivity index (χ4v) is 3.42. The molecule has 27 heavy (non-hydrogen) atoms. The average Bonchev–Trinajstić information content (AvgIpc) is 2.68. The number of unbranched alkanes of at least 4 members (excludes halogenated alkanes) is 17. The maximum absolute atomic E-state index is 10.1. The molecule has 0 atom stereocenters. The highest BCUT2D eigenvalue weighted by molar-refractivity contribution is 5.50. The molecule has 0 bridgehead atoms. The smallest absolute Gasteiger partial charge is 0.198 e. The van der Waals surface area contributed by atoms with Crippen molar-refractivity contribution in [3.05, 3.63) is 24.3 Å². The van der Waals surface area contributed by atoms with Gasteiger partial charge < -0.3 is 0 Å². The fourth-order valence-electron chi connectivity index (χ4n) is 3.42. The van der Waals surface area contributed by atoms with Gasteiger partial charge in [0.15, 0.2) is 6.29 Å². The van der Waals surface area contributed by atoms with Crippen LogP contribution in [0.3, 0.4) is 0 Å². The minimum atomic E-state index is 0.632. The third kappa shape index (κ3) is 25.2. The van der Waals surface area contributed by atoms with Crippen molar-refractivity contribution < 1.29 is 4.79 Å². The summed E-state index contributed by atoms with van der Waals surface area (Å²) in [6, 6.07) is 0. The first-order valence-corrected chi connectivity index (χ1v) is 12.1. The Kier molecular flexibility index (Phi) is 24.4. The zero-order chi connectivity index (χ0) is 19.7. The van der Waals surface area contributed by atoms with Crippen LogP contribution < -0.4 is 0 Å². The summed E-state index contributed by atoms with van der Waals surface area (Å²) in [7, 11) is 0. The summed E-state index contributed by atoms with van der Waals surface area (Å²) in [6.07, 6.45) is 37.1. The molecule has 0 aliphatic heterocycles. The van der Waals surface area contributed by atoms with Gasteiger partial charge in [-0.05, 0) is 38.5 Å². The van der Waals surface area contributed by atoms with Crippen LogP contribution in [0.25, 0.3) is 0 Å². The van der Waals surface area contributed by atoms with Gasteiger partial charge in [-0.25, -0.2) is 0 Å². The lowest BCUT2D eigenvalue weighted by molar-refractivity contribution is 0.530. The Morgan fingerprint density at radius 1 is 0.519 bits per heavy atom. The molecule has 0 aliphatic rings. The second-order valence-electron chi connectivity index (χ2n) is 7.95. The Morgan fingerprint density at radius 2 is 0.926 bits per heavy atom. The Balaban J connectivity index is 3.10. The van der Waals surface area contributed by atoms with E-state index in [0.29, 0.717) is 6.42 Å². The van der Waals surface area contributed by atoms with Gasteiger partial charge in [-0.15, -0.1) is 0 Å². The molecule has 0 rings (SSSR count). The van der Waals surface area contributed by atoms with E-state index in [9.17, 15) is 4.79 Å². The Bertz CT molecular complexity index is 329. The summed E-state index contributed by atoms with van der Waals surface area (Å²) in [5.74, 6) is 0. The van der Waals surface area contributed by atoms with Gasteiger partial charge in [0.1, 0.15) is 0 Å². The Morgan fingerprint density at radius 3 is 1.37 bits per heavy atom. The van der Waals surface area contributed by atoms with Crippen molar-refractivity contribution in [1.82, 2.24) is 0 Å². The molecule has 0 spiro atoms. The highest BCUT2D eigenvalue weighted by Crippen LogP contribution is 2.13. The van der Waals surface area contributed by atoms with Crippen LogP contribution in [0.4, 0.5) is 0 Å². The maximum Gasteiger partial charge on any atom is 0.198 e. The Labute approximate surface area is 171 Å². The molecular formula is C26H47O. The number of carbonyl (C=O) groups excluding carboxylic acids is 1. The van der Waals surface area contributed by atoms with Crippen LogP contribution in [-0.4, -0.2) is 6.29 Å². The van der Waals surface area contributed by atoms with Crippen LogP contribution in [0.1, 0.15) is 135 Å². The molecule has 0 fully saturated rings. The van der Waals surface area contributed by atoms with Crippen LogP contribution in [-0.2, 0) is 4.79 Å². The Hall–Kier alpha value is -0.850. The van der Waals surface area contributed by atoms with Gasteiger partial charge in [0, 0.05) is 6.42 Å². The van der Waals surface area contributed by atoms with E-state index in [2.05, 4.69) is 31.2 Å². The molecule has 0 heterocycles. The van der Waals surface area contributed by atoms with Gasteiger partial charge in [-0.1, -0.05) is 115 Å². The minimum absolute atomic E-state index is 0.632. The SMILES string of the molecule is CCCCCC=CCC=CCCCCCCCCCCCCCCC[C]=O. The molecule has 1 nitrogen and oxygen atoms in total. The average molecular weight is 376 g/mol. The second kappa shape index (κ2) is 25.1. The van der Waals surface area contributed by atoms with Gasteiger partial charge in [-0.2, -0.15) is 0 Å². The first-order chi connectivity index (χ1) is 13.4. The van der Waals surface area contributed by atoms with E-state index in [1.165, 1.54) is 109 Å². The predicted molar refractivity (Wildman–Crippen MR) is 122 cm³/mol. The molecule has 1 heteroatoms. The van der Waals surface area contributed by atoms with Crippen LogP contribution in [0.5, 0.6) is 0 Å². The number of allylic oxidation sites excluding steroid dienone is 4. The molecule has 0 amide bonds. The normalized spacial score (nSPS) is 11.7. The third-order valence-electron chi connectivity index (χ3n) is 5.23. The largest absolute Gasteiger partial charge is 0.291 e. The van der Waals surface area contributed by atoms with Crippen LogP contribution >= 0.6 is 0 Å². The highest BCUT2D eigenvalue weighted by Gasteiger charge is 1.94. The lowest BCUT2D eigenvalue weighted by atomic mass is 10.0. The van der Waals surface area contributed by atoms with Gasteiger partial charge in [0.05, 0.1) is 0 Å². The van der Waals surface area contributed by atoms with Crippen molar-refractivity contribution >= 4 is 6.29 Å². The molecule has 0 aliphatic carbocycles. The maximum atomic E-state index is 10.1. The van der Waals surface area contributed by atoms with Gasteiger partial charge in [-0.3, -0.25) is 4.79 Å². The van der Waals surface area contributed by atoms with E-state index < -0.39 is 0 Å². The summed E-state index contributed by atoms with van der Waals surface area (Å²) >= 11 is 0. The van der Waals surface area contributed by atoms with E-state index in [0.717, 1.165) is 12.8 Å². The summed E-state index contributed by atoms with van der Waals surface area (Å²) in [5.41, 5.74) is 0. The highest BCUT2D eigenvalue weighted by atomic mass is 16.1. The standard InChI is InChI=1S/C26H47O/c1-2-3-4-5-6-7-8-9-10-11-12-13-14-15-16-17-18-19-20-21-22-23-24-25-26-27/h6-7,9-10H,2-5,8,11-25H2,1H3. The lowest BCUT2D eigenvalue weighted by Crippen LogP contribution is -1.83. The molecule has 0 aromatic rings. The molecule has 1 radical (unpaired) electrons. The quantitative estimate of drug-likeness (QED) is 0.136. The van der Waals surface area contributed by atoms with Crippen molar-refractivity contribution in [3.8, 4) is 0 Å². The summed E-state index contributed by atoms with van der Waals surface area (Å²) in [5, 5.41) is 0. The first kappa shape index (κ1) is 26.1. The topological polar surface area (TPSA) is 17.1 Å². The van der Waals surface area contributed by atoms with Gasteiger partial charge >= 0.3 is 0 Å². The van der Waals surface area contributed by atoms with E-state index in [-0.39, 0.29) is 0 Å². The van der Waals surface area contributed by atoms with E-state index >= 15 is 0 Å². The van der Waals surface area contributed by atoms with Crippen molar-refractivity contribution in [1.29, 1.82) is 0 Å². The van der Waals surface area contributed by atoms with E-state index in [4.69, 9.17) is 0 Å². The minimum Gasteiger partial charge on any atom is -0.291 e. The second-order valence-corrected chi connectivity index (χ2v) is 7.95. The number of hydrogen-bond donors (Lipinski definition) is 0. The van der Waals surface area contributed by atoms with E-state index in [1.807, 2.05) is 6.29 Å². The van der Waals surface area contributed by atoms with Gasteiger partial charge in [0.2, 0.25) is 0 Å². The van der Waals surface area contributed by atoms with Crippen molar-refractivity contribution in [2.24, 2.45) is 0 Å². The molecule has 0 unspecified atom stereocenters. The molecule has 0 aromatic carbocycles. The summed E-state index contributed by atoms with van der Waals surface area (Å²) in [6.45, 7) is 2.26. The van der Waals surface area contributed by atoms with Gasteiger partial charge in [0.25, 0.3) is 0 Å². The molecule has 0 saturated heterocycles. The van der Waals surface area contributed by atoms with Crippen molar-refractivity contribution in [2.75, 3.05) is 0 Å².